The van der Waals surface area contributed by atoms with Gasteiger partial charge < -0.3 is 9.84 Å². The van der Waals surface area contributed by atoms with Crippen molar-refractivity contribution < 1.29 is 27.9 Å². The number of aliphatic hydroxyl groups is 1. The van der Waals surface area contributed by atoms with E-state index in [1.165, 1.54) is 12.2 Å². The number of halogens is 3. The van der Waals surface area contributed by atoms with Crippen LogP contribution in [0.15, 0.2) is 47.9 Å². The second-order valence-corrected chi connectivity index (χ2v) is 5.14. The third-order valence-corrected chi connectivity index (χ3v) is 3.43. The average molecular weight is 329 g/mol. The van der Waals surface area contributed by atoms with Gasteiger partial charge in [0.15, 0.2) is 0 Å². The zero-order valence-electron chi connectivity index (χ0n) is 12.1. The first-order chi connectivity index (χ1) is 10.7. The van der Waals surface area contributed by atoms with Gasteiger partial charge in [0.2, 0.25) is 5.76 Å². The van der Waals surface area contributed by atoms with Crippen molar-refractivity contribution in [2.45, 2.75) is 25.6 Å². The second-order valence-electron chi connectivity index (χ2n) is 5.14. The van der Waals surface area contributed by atoms with Crippen molar-refractivity contribution in [1.29, 1.82) is 0 Å². The first-order valence-electron chi connectivity index (χ1n) is 6.78. The maximum absolute atomic E-state index is 12.5. The zero-order chi connectivity index (χ0) is 17.2. The number of aliphatic hydroxyl groups excluding tert-OH is 1. The van der Waals surface area contributed by atoms with Crippen molar-refractivity contribution in [2.24, 2.45) is 5.92 Å². The van der Waals surface area contributed by atoms with Crippen LogP contribution >= 0.6 is 0 Å². The van der Waals surface area contributed by atoms with Crippen molar-refractivity contribution in [2.75, 3.05) is 0 Å². The van der Waals surface area contributed by atoms with Crippen LogP contribution in [-0.4, -0.2) is 16.1 Å². The summed E-state index contributed by atoms with van der Waals surface area (Å²) in [5.41, 5.74) is -1.11. The standard InChI is InChI=1S/C15H14F3NO4/c1-9(20)10-2-7-13(19(21)22)14(8-10)23-12-5-3-11(4-6-12)15(16,17)18/h3-10,20H,2H2,1H3. The molecule has 1 aromatic rings. The van der Waals surface area contributed by atoms with Crippen molar-refractivity contribution in [1.82, 2.24) is 0 Å². The number of hydrogen-bond acceptors (Lipinski definition) is 4. The molecule has 5 nitrogen and oxygen atoms in total. The Morgan fingerprint density at radius 3 is 2.43 bits per heavy atom. The maximum Gasteiger partial charge on any atom is 0.416 e. The van der Waals surface area contributed by atoms with Gasteiger partial charge >= 0.3 is 11.9 Å². The van der Waals surface area contributed by atoms with Gasteiger partial charge in [-0.3, -0.25) is 10.1 Å². The van der Waals surface area contributed by atoms with Gasteiger partial charge in [-0.2, -0.15) is 13.2 Å². The van der Waals surface area contributed by atoms with E-state index in [4.69, 9.17) is 4.74 Å². The Morgan fingerprint density at radius 2 is 1.96 bits per heavy atom. The third kappa shape index (κ3) is 4.10. The van der Waals surface area contributed by atoms with Crippen molar-refractivity contribution >= 4 is 0 Å². The number of nitrogens with zero attached hydrogens (tertiary/aromatic N) is 1. The Bertz CT molecular complexity index is 648. The van der Waals surface area contributed by atoms with Crippen LogP contribution in [0.25, 0.3) is 0 Å². The largest absolute Gasteiger partial charge is 0.450 e. The number of rotatable bonds is 4. The summed E-state index contributed by atoms with van der Waals surface area (Å²) in [6, 6.07) is 3.85. The Balaban J connectivity index is 2.24. The van der Waals surface area contributed by atoms with Gasteiger partial charge in [0.1, 0.15) is 5.75 Å². The lowest BCUT2D eigenvalue weighted by Gasteiger charge is -2.20. The molecule has 124 valence electrons. The highest BCUT2D eigenvalue weighted by molar-refractivity contribution is 5.34. The molecule has 0 amide bonds. The summed E-state index contributed by atoms with van der Waals surface area (Å²) in [5.74, 6) is -0.404. The van der Waals surface area contributed by atoms with E-state index in [9.17, 15) is 28.4 Å². The van der Waals surface area contributed by atoms with Gasteiger partial charge in [-0.15, -0.1) is 0 Å². The Morgan fingerprint density at radius 1 is 1.35 bits per heavy atom. The molecule has 0 saturated heterocycles. The molecule has 2 atom stereocenters. The van der Waals surface area contributed by atoms with Gasteiger partial charge in [-0.25, -0.2) is 0 Å². The monoisotopic (exact) mass is 329 g/mol. The second kappa shape index (κ2) is 6.41. The molecule has 0 saturated carbocycles. The van der Waals surface area contributed by atoms with E-state index >= 15 is 0 Å². The summed E-state index contributed by atoms with van der Waals surface area (Å²) in [6.07, 6.45) is -2.16. The summed E-state index contributed by atoms with van der Waals surface area (Å²) in [4.78, 5) is 10.4. The van der Waals surface area contributed by atoms with E-state index in [2.05, 4.69) is 0 Å². The fraction of sp³-hybridized carbons (Fsp3) is 0.333. The molecule has 0 spiro atoms. The molecule has 0 bridgehead atoms. The highest BCUT2D eigenvalue weighted by atomic mass is 19.4. The van der Waals surface area contributed by atoms with Crippen LogP contribution in [0, 0.1) is 16.0 Å². The lowest BCUT2D eigenvalue weighted by atomic mass is 9.94. The number of benzene rings is 1. The smallest absolute Gasteiger partial charge is 0.416 e. The maximum atomic E-state index is 12.5. The summed E-state index contributed by atoms with van der Waals surface area (Å²) in [7, 11) is 0. The minimum atomic E-state index is -4.47. The minimum absolute atomic E-state index is 0.0447. The minimum Gasteiger partial charge on any atom is -0.450 e. The zero-order valence-corrected chi connectivity index (χ0v) is 12.1. The number of alkyl halides is 3. The number of hydrogen-bond donors (Lipinski definition) is 1. The van der Waals surface area contributed by atoms with Crippen molar-refractivity contribution in [3.63, 3.8) is 0 Å². The molecule has 8 heteroatoms. The molecule has 2 unspecified atom stereocenters. The highest BCUT2D eigenvalue weighted by Crippen LogP contribution is 2.32. The number of ether oxygens (including phenoxy) is 1. The molecule has 0 aromatic heterocycles. The van der Waals surface area contributed by atoms with E-state index in [1.807, 2.05) is 0 Å². The molecule has 2 rings (SSSR count). The molecule has 1 aromatic carbocycles. The first kappa shape index (κ1) is 17.0. The third-order valence-electron chi connectivity index (χ3n) is 3.43. The average Bonchev–Trinajstić information content (AvgIpc) is 2.46. The van der Waals surface area contributed by atoms with Crippen LogP contribution in [-0.2, 0) is 6.18 Å². The SMILES string of the molecule is CC(O)C1C=C(Oc2ccc(C(F)(F)F)cc2)C([N+](=O)[O-])=CC1. The van der Waals surface area contributed by atoms with E-state index < -0.39 is 22.8 Å². The number of nitro groups is 1. The van der Waals surface area contributed by atoms with E-state index in [0.717, 1.165) is 24.3 Å². The van der Waals surface area contributed by atoms with Crippen LogP contribution < -0.4 is 4.74 Å². The fourth-order valence-corrected chi connectivity index (χ4v) is 2.12. The van der Waals surface area contributed by atoms with Crippen LogP contribution in [0.4, 0.5) is 13.2 Å². The molecule has 1 aliphatic carbocycles. The van der Waals surface area contributed by atoms with Crippen LogP contribution in [0.2, 0.25) is 0 Å². The molecule has 0 radical (unpaired) electrons. The molecule has 1 N–H and O–H groups in total. The van der Waals surface area contributed by atoms with E-state index in [1.54, 1.807) is 6.92 Å². The molecular formula is C15H14F3NO4. The van der Waals surface area contributed by atoms with Crippen molar-refractivity contribution in [3.8, 4) is 5.75 Å². The summed E-state index contributed by atoms with van der Waals surface area (Å²) < 4.78 is 42.9. The molecular weight excluding hydrogens is 315 g/mol. The quantitative estimate of drug-likeness (QED) is 0.677. The lowest BCUT2D eigenvalue weighted by molar-refractivity contribution is -0.424. The molecule has 0 aliphatic heterocycles. The van der Waals surface area contributed by atoms with Gasteiger partial charge in [-0.1, -0.05) is 0 Å². The van der Waals surface area contributed by atoms with Crippen LogP contribution in [0.3, 0.4) is 0 Å². The van der Waals surface area contributed by atoms with Crippen molar-refractivity contribution in [3.05, 3.63) is 63.6 Å². The highest BCUT2D eigenvalue weighted by Gasteiger charge is 2.31. The molecule has 0 fully saturated rings. The summed E-state index contributed by atoms with van der Waals surface area (Å²) in [5, 5.41) is 20.6. The lowest BCUT2D eigenvalue weighted by Crippen LogP contribution is -2.21. The van der Waals surface area contributed by atoms with Gasteiger partial charge in [-0.05, 0) is 49.8 Å². The fourth-order valence-electron chi connectivity index (χ4n) is 2.12. The van der Waals surface area contributed by atoms with E-state index in [0.29, 0.717) is 0 Å². The predicted molar refractivity (Wildman–Crippen MR) is 75.0 cm³/mol. The number of allylic oxidation sites excluding steroid dienone is 1. The summed E-state index contributed by atoms with van der Waals surface area (Å²) in [6.45, 7) is 1.54. The van der Waals surface area contributed by atoms with E-state index in [-0.39, 0.29) is 29.5 Å². The normalized spacial score (nSPS) is 19.6. The Kier molecular flexibility index (Phi) is 4.74. The van der Waals surface area contributed by atoms with Crippen LogP contribution in [0.5, 0.6) is 5.75 Å². The Hall–Kier alpha value is -2.35. The summed E-state index contributed by atoms with van der Waals surface area (Å²) >= 11 is 0. The van der Waals surface area contributed by atoms with Gasteiger partial charge in [0, 0.05) is 5.92 Å². The molecule has 23 heavy (non-hydrogen) atoms. The van der Waals surface area contributed by atoms with Gasteiger partial charge in [0.05, 0.1) is 16.6 Å². The molecule has 1 aliphatic rings. The van der Waals surface area contributed by atoms with Crippen LogP contribution in [0.1, 0.15) is 18.9 Å². The topological polar surface area (TPSA) is 72.6 Å². The Labute approximate surface area is 129 Å². The predicted octanol–water partition coefficient (Wildman–Crippen LogP) is 3.53. The van der Waals surface area contributed by atoms with Gasteiger partial charge in [0.25, 0.3) is 0 Å². The molecule has 0 heterocycles. The first-order valence-corrected chi connectivity index (χ1v) is 6.78.